The van der Waals surface area contributed by atoms with E-state index in [1.54, 1.807) is 0 Å². The van der Waals surface area contributed by atoms with Gasteiger partial charge in [-0.1, -0.05) is 6.58 Å². The average molecular weight is 178 g/mol. The first-order valence-electron chi connectivity index (χ1n) is 2.90. The van der Waals surface area contributed by atoms with Gasteiger partial charge in [0.05, 0.1) is 0 Å². The molecule has 0 aliphatic heterocycles. The van der Waals surface area contributed by atoms with Crippen LogP contribution in [-0.4, -0.2) is 22.7 Å². The predicted octanol–water partition coefficient (Wildman–Crippen LogP) is 0.372. The number of rotatable bonds is 4. The van der Waals surface area contributed by atoms with Crippen molar-refractivity contribution in [2.45, 2.75) is 13.2 Å². The largest absolute Gasteiger partial charge is 0.432 e. The minimum Gasteiger partial charge on any atom is -0.432 e. The molecule has 11 heavy (non-hydrogen) atoms. The molecule has 0 radical (unpaired) electrons. The maximum absolute atomic E-state index is 10.5. The molecule has 0 heterocycles. The summed E-state index contributed by atoms with van der Waals surface area (Å²) in [7, 11) is 0. The topological polar surface area (TPSA) is 52.6 Å². The standard InChI is InChI=1S/C6H10O4S/c1-4-6(7)9-5(2)10-11(3)8/h4-5H,1H2,2-3H3. The van der Waals surface area contributed by atoms with Gasteiger partial charge in [-0.25, -0.2) is 13.2 Å². The number of carbonyl (C=O) groups excluding carboxylic acids is 1. The molecule has 0 aromatic carbocycles. The van der Waals surface area contributed by atoms with E-state index in [-0.39, 0.29) is 0 Å². The van der Waals surface area contributed by atoms with Gasteiger partial charge in [0.1, 0.15) is 0 Å². The SMILES string of the molecule is C=CC(=O)OC(C)OS(C)=O. The minimum absolute atomic E-state index is 0.594. The first kappa shape index (κ1) is 10.3. The Hall–Kier alpha value is -0.680. The van der Waals surface area contributed by atoms with E-state index in [1.807, 2.05) is 0 Å². The third-order valence-electron chi connectivity index (χ3n) is 0.720. The first-order chi connectivity index (χ1) is 5.06. The molecule has 0 fully saturated rings. The number of carbonyl (C=O) groups is 1. The van der Waals surface area contributed by atoms with E-state index in [9.17, 15) is 9.00 Å². The summed E-state index contributed by atoms with van der Waals surface area (Å²) in [5.74, 6) is -0.594. The Morgan fingerprint density at radius 1 is 1.73 bits per heavy atom. The second kappa shape index (κ2) is 5.03. The summed E-state index contributed by atoms with van der Waals surface area (Å²) in [6.45, 7) is 4.66. The van der Waals surface area contributed by atoms with Crippen LogP contribution in [0.15, 0.2) is 12.7 Å². The van der Waals surface area contributed by atoms with Crippen molar-refractivity contribution in [3.05, 3.63) is 12.7 Å². The number of hydrogen-bond donors (Lipinski definition) is 0. The molecule has 0 aliphatic rings. The average Bonchev–Trinajstić information content (AvgIpc) is 1.85. The van der Waals surface area contributed by atoms with Crippen LogP contribution in [0.25, 0.3) is 0 Å². The molecule has 4 nitrogen and oxygen atoms in total. The van der Waals surface area contributed by atoms with Crippen molar-refractivity contribution in [2.24, 2.45) is 0 Å². The fourth-order valence-electron chi connectivity index (χ4n) is 0.422. The van der Waals surface area contributed by atoms with Crippen molar-refractivity contribution in [1.29, 1.82) is 0 Å². The van der Waals surface area contributed by atoms with Gasteiger partial charge < -0.3 is 4.74 Å². The Kier molecular flexibility index (Phi) is 4.72. The zero-order valence-electron chi connectivity index (χ0n) is 6.40. The first-order valence-corrected chi connectivity index (χ1v) is 4.38. The van der Waals surface area contributed by atoms with E-state index in [0.717, 1.165) is 6.08 Å². The Balaban J connectivity index is 3.68. The van der Waals surface area contributed by atoms with E-state index in [0.29, 0.717) is 0 Å². The van der Waals surface area contributed by atoms with Crippen LogP contribution in [0.4, 0.5) is 0 Å². The number of hydrogen-bond acceptors (Lipinski definition) is 4. The van der Waals surface area contributed by atoms with E-state index < -0.39 is 23.3 Å². The van der Waals surface area contributed by atoms with Crippen LogP contribution >= 0.6 is 0 Å². The molecule has 0 amide bonds. The summed E-state index contributed by atoms with van der Waals surface area (Å²) in [6, 6.07) is 0. The van der Waals surface area contributed by atoms with E-state index >= 15 is 0 Å². The Morgan fingerprint density at radius 3 is 2.64 bits per heavy atom. The van der Waals surface area contributed by atoms with Gasteiger partial charge in [-0.3, -0.25) is 0 Å². The van der Waals surface area contributed by atoms with E-state index in [1.165, 1.54) is 13.2 Å². The molecule has 0 aromatic rings. The third kappa shape index (κ3) is 5.75. The van der Waals surface area contributed by atoms with Crippen molar-refractivity contribution in [2.75, 3.05) is 6.26 Å². The molecule has 0 saturated carbocycles. The van der Waals surface area contributed by atoms with E-state index in [2.05, 4.69) is 15.5 Å². The Labute approximate surface area is 67.8 Å². The highest BCUT2D eigenvalue weighted by Gasteiger charge is 2.07. The molecule has 64 valence electrons. The second-order valence-electron chi connectivity index (χ2n) is 1.71. The molecule has 0 rings (SSSR count). The van der Waals surface area contributed by atoms with Gasteiger partial charge in [-0.15, -0.1) is 0 Å². The molecule has 2 atom stereocenters. The Bertz CT molecular complexity index is 177. The molecular weight excluding hydrogens is 168 g/mol. The van der Waals surface area contributed by atoms with Gasteiger partial charge in [0.15, 0.2) is 11.1 Å². The lowest BCUT2D eigenvalue weighted by atomic mass is 10.6. The van der Waals surface area contributed by atoms with Gasteiger partial charge in [0, 0.05) is 12.3 Å². The molecule has 0 aromatic heterocycles. The Morgan fingerprint density at radius 2 is 2.27 bits per heavy atom. The summed E-state index contributed by atoms with van der Waals surface area (Å²) in [4.78, 5) is 10.5. The van der Waals surface area contributed by atoms with Gasteiger partial charge in [-0.05, 0) is 6.92 Å². The highest BCUT2D eigenvalue weighted by Crippen LogP contribution is 1.96. The quantitative estimate of drug-likeness (QED) is 0.354. The highest BCUT2D eigenvalue weighted by atomic mass is 32.2. The van der Waals surface area contributed by atoms with Crippen LogP contribution < -0.4 is 0 Å². The zero-order chi connectivity index (χ0) is 8.85. The molecule has 5 heteroatoms. The fourth-order valence-corrected chi connectivity index (χ4v) is 0.843. The van der Waals surface area contributed by atoms with Gasteiger partial charge in [0.25, 0.3) is 0 Å². The second-order valence-corrected chi connectivity index (χ2v) is 2.70. The summed E-state index contributed by atoms with van der Waals surface area (Å²) >= 11 is -1.43. The molecule has 0 bridgehead atoms. The monoisotopic (exact) mass is 178 g/mol. The van der Waals surface area contributed by atoms with Crippen LogP contribution in [-0.2, 0) is 24.8 Å². The minimum atomic E-state index is -1.43. The van der Waals surface area contributed by atoms with Crippen molar-refractivity contribution in [1.82, 2.24) is 0 Å². The molecule has 0 spiro atoms. The van der Waals surface area contributed by atoms with Gasteiger partial charge >= 0.3 is 5.97 Å². The molecular formula is C6H10O4S. The summed E-state index contributed by atoms with van der Waals surface area (Å²) in [5, 5.41) is 0. The van der Waals surface area contributed by atoms with Gasteiger partial charge in [-0.2, -0.15) is 0 Å². The third-order valence-corrected chi connectivity index (χ3v) is 1.26. The van der Waals surface area contributed by atoms with Crippen molar-refractivity contribution in [3.63, 3.8) is 0 Å². The van der Waals surface area contributed by atoms with E-state index in [4.69, 9.17) is 0 Å². The normalized spacial score (nSPS) is 15.1. The zero-order valence-corrected chi connectivity index (χ0v) is 7.22. The van der Waals surface area contributed by atoms with Crippen molar-refractivity contribution >= 4 is 17.0 Å². The molecule has 0 aliphatic carbocycles. The highest BCUT2D eigenvalue weighted by molar-refractivity contribution is 7.79. The molecule has 2 unspecified atom stereocenters. The maximum atomic E-state index is 10.5. The lowest BCUT2D eigenvalue weighted by Crippen LogP contribution is -2.17. The van der Waals surface area contributed by atoms with Gasteiger partial charge in [0.2, 0.25) is 6.29 Å². The van der Waals surface area contributed by atoms with Crippen LogP contribution in [0.3, 0.4) is 0 Å². The summed E-state index contributed by atoms with van der Waals surface area (Å²) in [5.41, 5.74) is 0. The molecule has 0 saturated heterocycles. The lowest BCUT2D eigenvalue weighted by Gasteiger charge is -2.08. The van der Waals surface area contributed by atoms with Crippen molar-refractivity contribution in [3.8, 4) is 0 Å². The van der Waals surface area contributed by atoms with Crippen molar-refractivity contribution < 1.29 is 17.9 Å². The fraction of sp³-hybridized carbons (Fsp3) is 0.500. The molecule has 0 N–H and O–H groups in total. The van der Waals surface area contributed by atoms with Crippen LogP contribution in [0.5, 0.6) is 0 Å². The number of ether oxygens (including phenoxy) is 1. The van der Waals surface area contributed by atoms with Crippen LogP contribution in [0.1, 0.15) is 6.92 Å². The predicted molar refractivity (Wildman–Crippen MR) is 40.9 cm³/mol. The van der Waals surface area contributed by atoms with Crippen LogP contribution in [0, 0.1) is 0 Å². The maximum Gasteiger partial charge on any atom is 0.332 e. The lowest BCUT2D eigenvalue weighted by molar-refractivity contribution is -0.153. The number of esters is 1. The summed E-state index contributed by atoms with van der Waals surface area (Å²) < 4.78 is 19.5. The summed E-state index contributed by atoms with van der Waals surface area (Å²) in [6.07, 6.45) is 1.56. The smallest absolute Gasteiger partial charge is 0.332 e. The van der Waals surface area contributed by atoms with Crippen LogP contribution in [0.2, 0.25) is 0 Å².